The Morgan fingerprint density at radius 1 is 1.17 bits per heavy atom. The van der Waals surface area contributed by atoms with E-state index in [0.717, 1.165) is 35.3 Å². The first-order valence-corrected chi connectivity index (χ1v) is 8.69. The van der Waals surface area contributed by atoms with Gasteiger partial charge in [-0.05, 0) is 18.6 Å². The minimum absolute atomic E-state index is 0.0259. The number of unbranched alkanes of at least 4 members (excludes halogenated alkanes) is 1. The van der Waals surface area contributed by atoms with Crippen LogP contribution in [0.25, 0.3) is 10.9 Å². The number of benzene rings is 1. The third-order valence-corrected chi connectivity index (χ3v) is 4.51. The Morgan fingerprint density at radius 3 is 2.83 bits per heavy atom. The molecular weight excluding hydrogens is 306 g/mol. The van der Waals surface area contributed by atoms with Crippen LogP contribution >= 0.6 is 11.3 Å². The van der Waals surface area contributed by atoms with Crippen LogP contribution < -0.4 is 0 Å². The molecule has 0 aliphatic heterocycles. The molecule has 0 unspecified atom stereocenters. The lowest BCUT2D eigenvalue weighted by Crippen LogP contribution is -2.31. The van der Waals surface area contributed by atoms with Gasteiger partial charge in [0.1, 0.15) is 5.01 Å². The summed E-state index contributed by atoms with van der Waals surface area (Å²) >= 11 is 1.58. The van der Waals surface area contributed by atoms with E-state index in [1.807, 2.05) is 40.6 Å². The number of aromatic nitrogens is 2. The molecule has 3 rings (SSSR count). The molecule has 0 atom stereocenters. The fraction of sp³-hybridized carbons (Fsp3) is 0.278. The molecule has 0 saturated heterocycles. The van der Waals surface area contributed by atoms with Crippen LogP contribution in [-0.2, 0) is 6.54 Å². The Balaban J connectivity index is 1.92. The van der Waals surface area contributed by atoms with Gasteiger partial charge in [-0.15, -0.1) is 11.3 Å². The number of carbonyl (C=O) groups is 1. The third-order valence-electron chi connectivity index (χ3n) is 3.74. The predicted molar refractivity (Wildman–Crippen MR) is 93.5 cm³/mol. The first-order chi connectivity index (χ1) is 11.3. The second-order valence-electron chi connectivity index (χ2n) is 5.39. The zero-order chi connectivity index (χ0) is 16.1. The molecule has 0 bridgehead atoms. The van der Waals surface area contributed by atoms with Gasteiger partial charge in [0.2, 0.25) is 0 Å². The highest BCUT2D eigenvalue weighted by Crippen LogP contribution is 2.19. The molecule has 0 aliphatic rings. The average Bonchev–Trinajstić information content (AvgIpc) is 3.10. The van der Waals surface area contributed by atoms with Gasteiger partial charge >= 0.3 is 0 Å². The molecule has 4 nitrogen and oxygen atoms in total. The van der Waals surface area contributed by atoms with Crippen LogP contribution in [0.1, 0.15) is 35.1 Å². The summed E-state index contributed by atoms with van der Waals surface area (Å²) < 4.78 is 0. The molecule has 1 amide bonds. The van der Waals surface area contributed by atoms with E-state index < -0.39 is 0 Å². The molecule has 0 radical (unpaired) electrons. The summed E-state index contributed by atoms with van der Waals surface area (Å²) in [5.41, 5.74) is 1.43. The largest absolute Gasteiger partial charge is 0.332 e. The summed E-state index contributed by atoms with van der Waals surface area (Å²) in [5.74, 6) is 0.0259. The molecule has 0 saturated carbocycles. The Kier molecular flexibility index (Phi) is 4.98. The predicted octanol–water partition coefficient (Wildman–Crippen LogP) is 4.13. The van der Waals surface area contributed by atoms with Crippen molar-refractivity contribution in [2.45, 2.75) is 26.3 Å². The third kappa shape index (κ3) is 3.56. The van der Waals surface area contributed by atoms with Crippen LogP contribution in [0.2, 0.25) is 0 Å². The SMILES string of the molecule is CCCCN(Cc1nccs1)C(=O)c1cccc2cccnc12. The van der Waals surface area contributed by atoms with Crippen molar-refractivity contribution < 1.29 is 4.79 Å². The molecule has 0 aliphatic carbocycles. The standard InChI is InChI=1S/C18H19N3OS/c1-2-3-11-21(13-16-19-10-12-23-16)18(22)15-8-4-6-14-7-5-9-20-17(14)15/h4-10,12H,2-3,11,13H2,1H3. The van der Waals surface area contributed by atoms with Gasteiger partial charge in [-0.2, -0.15) is 0 Å². The number of pyridine rings is 1. The van der Waals surface area contributed by atoms with Crippen molar-refractivity contribution in [1.29, 1.82) is 0 Å². The van der Waals surface area contributed by atoms with Gasteiger partial charge in [-0.3, -0.25) is 9.78 Å². The van der Waals surface area contributed by atoms with Crippen LogP contribution in [0.4, 0.5) is 0 Å². The Labute approximate surface area is 139 Å². The highest BCUT2D eigenvalue weighted by atomic mass is 32.1. The number of nitrogens with zero attached hydrogens (tertiary/aromatic N) is 3. The highest BCUT2D eigenvalue weighted by Gasteiger charge is 2.19. The minimum Gasteiger partial charge on any atom is -0.332 e. The fourth-order valence-corrected chi connectivity index (χ4v) is 3.17. The van der Waals surface area contributed by atoms with Crippen molar-refractivity contribution in [3.8, 4) is 0 Å². The van der Waals surface area contributed by atoms with E-state index >= 15 is 0 Å². The summed E-state index contributed by atoms with van der Waals surface area (Å²) in [4.78, 5) is 23.6. The topological polar surface area (TPSA) is 46.1 Å². The van der Waals surface area contributed by atoms with Crippen molar-refractivity contribution in [3.05, 3.63) is 58.7 Å². The smallest absolute Gasteiger partial charge is 0.256 e. The lowest BCUT2D eigenvalue weighted by Gasteiger charge is -2.22. The van der Waals surface area contributed by atoms with Crippen molar-refractivity contribution >= 4 is 28.1 Å². The van der Waals surface area contributed by atoms with Crippen LogP contribution in [-0.4, -0.2) is 27.3 Å². The molecule has 5 heteroatoms. The number of hydrogen-bond donors (Lipinski definition) is 0. The van der Waals surface area contributed by atoms with Gasteiger partial charge in [0.05, 0.1) is 17.6 Å². The second-order valence-corrected chi connectivity index (χ2v) is 6.37. The van der Waals surface area contributed by atoms with Gasteiger partial charge in [0, 0.05) is 29.7 Å². The molecule has 3 aromatic rings. The maximum absolute atomic E-state index is 13.1. The number of para-hydroxylation sites is 1. The Hall–Kier alpha value is -2.27. The monoisotopic (exact) mass is 325 g/mol. The van der Waals surface area contributed by atoms with Gasteiger partial charge in [0.15, 0.2) is 0 Å². The van der Waals surface area contributed by atoms with E-state index in [1.165, 1.54) is 0 Å². The minimum atomic E-state index is 0.0259. The van der Waals surface area contributed by atoms with Gasteiger partial charge in [-0.1, -0.05) is 31.5 Å². The number of rotatable bonds is 6. The van der Waals surface area contributed by atoms with Crippen LogP contribution in [0, 0.1) is 0 Å². The molecule has 0 fully saturated rings. The molecule has 23 heavy (non-hydrogen) atoms. The molecule has 0 N–H and O–H groups in total. The van der Waals surface area contributed by atoms with Gasteiger partial charge in [0.25, 0.3) is 5.91 Å². The van der Waals surface area contributed by atoms with Crippen molar-refractivity contribution in [1.82, 2.24) is 14.9 Å². The molecule has 2 aromatic heterocycles. The number of carbonyl (C=O) groups excluding carboxylic acids is 1. The van der Waals surface area contributed by atoms with Crippen LogP contribution in [0.15, 0.2) is 48.1 Å². The van der Waals surface area contributed by atoms with E-state index in [2.05, 4.69) is 16.9 Å². The number of fused-ring (bicyclic) bond motifs is 1. The molecule has 118 valence electrons. The summed E-state index contributed by atoms with van der Waals surface area (Å²) in [6.07, 6.45) is 5.54. The maximum atomic E-state index is 13.1. The highest BCUT2D eigenvalue weighted by molar-refractivity contribution is 7.09. The lowest BCUT2D eigenvalue weighted by molar-refractivity contribution is 0.0742. The van der Waals surface area contributed by atoms with E-state index in [4.69, 9.17) is 0 Å². The first kappa shape index (κ1) is 15.6. The second kappa shape index (κ2) is 7.33. The van der Waals surface area contributed by atoms with Gasteiger partial charge in [-0.25, -0.2) is 4.98 Å². The lowest BCUT2D eigenvalue weighted by atomic mass is 10.1. The summed E-state index contributed by atoms with van der Waals surface area (Å²) in [7, 11) is 0. The van der Waals surface area contributed by atoms with Crippen molar-refractivity contribution in [3.63, 3.8) is 0 Å². The normalized spacial score (nSPS) is 10.8. The van der Waals surface area contributed by atoms with Crippen molar-refractivity contribution in [2.24, 2.45) is 0 Å². The molecule has 0 spiro atoms. The van der Waals surface area contributed by atoms with Crippen LogP contribution in [0.5, 0.6) is 0 Å². The molecule has 1 aromatic carbocycles. The maximum Gasteiger partial charge on any atom is 0.256 e. The Bertz CT molecular complexity index is 781. The zero-order valence-electron chi connectivity index (χ0n) is 13.1. The quantitative estimate of drug-likeness (QED) is 0.684. The molecular formula is C18H19N3OS. The summed E-state index contributed by atoms with van der Waals surface area (Å²) in [6.45, 7) is 3.42. The summed E-state index contributed by atoms with van der Waals surface area (Å²) in [5, 5.41) is 3.89. The van der Waals surface area contributed by atoms with Crippen LogP contribution in [0.3, 0.4) is 0 Å². The zero-order valence-corrected chi connectivity index (χ0v) is 13.9. The number of thiazole rings is 1. The van der Waals surface area contributed by atoms with E-state index in [0.29, 0.717) is 12.1 Å². The fourth-order valence-electron chi connectivity index (χ4n) is 2.54. The van der Waals surface area contributed by atoms with E-state index in [9.17, 15) is 4.79 Å². The Morgan fingerprint density at radius 2 is 2.04 bits per heavy atom. The first-order valence-electron chi connectivity index (χ1n) is 7.81. The van der Waals surface area contributed by atoms with E-state index in [-0.39, 0.29) is 5.91 Å². The van der Waals surface area contributed by atoms with Gasteiger partial charge < -0.3 is 4.90 Å². The van der Waals surface area contributed by atoms with E-state index in [1.54, 1.807) is 23.7 Å². The number of hydrogen-bond acceptors (Lipinski definition) is 4. The number of amides is 1. The summed E-state index contributed by atoms with van der Waals surface area (Å²) in [6, 6.07) is 9.63. The average molecular weight is 325 g/mol. The molecule has 2 heterocycles. The van der Waals surface area contributed by atoms with Crippen molar-refractivity contribution in [2.75, 3.05) is 6.54 Å².